The van der Waals surface area contributed by atoms with Crippen LogP contribution in [0.15, 0.2) is 48.7 Å². The van der Waals surface area contributed by atoms with E-state index >= 15 is 0 Å². The number of halogens is 2. The summed E-state index contributed by atoms with van der Waals surface area (Å²) >= 11 is 5.85. The van der Waals surface area contributed by atoms with E-state index in [2.05, 4.69) is 10.3 Å². The molecule has 0 aliphatic rings. The van der Waals surface area contributed by atoms with Crippen LogP contribution in [0.4, 0.5) is 4.39 Å². The van der Waals surface area contributed by atoms with Gasteiger partial charge in [0.25, 0.3) is 0 Å². The molecule has 0 fully saturated rings. The lowest BCUT2D eigenvalue weighted by Crippen LogP contribution is -2.20. The zero-order valence-electron chi connectivity index (χ0n) is 10.5. The maximum absolute atomic E-state index is 13.5. The second kappa shape index (κ2) is 6.82. The minimum absolute atomic E-state index is 0.196. The number of amides is 1. The van der Waals surface area contributed by atoms with Gasteiger partial charge in [-0.15, -0.1) is 0 Å². The maximum atomic E-state index is 13.5. The van der Waals surface area contributed by atoms with Gasteiger partial charge in [0, 0.05) is 17.8 Å². The van der Waals surface area contributed by atoms with Crippen molar-refractivity contribution in [2.75, 3.05) is 0 Å². The van der Waals surface area contributed by atoms with E-state index in [1.165, 1.54) is 24.3 Å². The van der Waals surface area contributed by atoms with Gasteiger partial charge >= 0.3 is 0 Å². The average molecular weight is 291 g/mol. The first-order valence-electron chi connectivity index (χ1n) is 5.96. The molecule has 3 nitrogen and oxygen atoms in total. The number of hydrogen-bond donors (Lipinski definition) is 1. The van der Waals surface area contributed by atoms with Gasteiger partial charge in [-0.05, 0) is 30.3 Å². The van der Waals surface area contributed by atoms with Gasteiger partial charge in [-0.25, -0.2) is 4.39 Å². The molecule has 2 rings (SSSR count). The molecule has 2 aromatic rings. The molecule has 1 aromatic heterocycles. The number of carbonyl (C=O) groups excluding carboxylic acids is 1. The Kier molecular flexibility index (Phi) is 4.85. The van der Waals surface area contributed by atoms with E-state index in [0.29, 0.717) is 6.54 Å². The molecule has 0 spiro atoms. The first-order valence-corrected chi connectivity index (χ1v) is 6.34. The number of benzene rings is 1. The van der Waals surface area contributed by atoms with Crippen molar-refractivity contribution < 1.29 is 9.18 Å². The fourth-order valence-electron chi connectivity index (χ4n) is 1.57. The summed E-state index contributed by atoms with van der Waals surface area (Å²) in [6.45, 7) is 0.315. The number of hydrogen-bond acceptors (Lipinski definition) is 2. The van der Waals surface area contributed by atoms with Crippen LogP contribution in [0.5, 0.6) is 0 Å². The number of nitrogens with one attached hydrogen (secondary N) is 1. The lowest BCUT2D eigenvalue weighted by molar-refractivity contribution is -0.116. The first kappa shape index (κ1) is 14.2. The first-order chi connectivity index (χ1) is 9.66. The predicted molar refractivity (Wildman–Crippen MR) is 76.5 cm³/mol. The Morgan fingerprint density at radius 3 is 2.85 bits per heavy atom. The molecule has 0 saturated carbocycles. The number of aromatic nitrogens is 1. The Balaban J connectivity index is 1.96. The normalized spacial score (nSPS) is 10.7. The summed E-state index contributed by atoms with van der Waals surface area (Å²) in [4.78, 5) is 15.7. The van der Waals surface area contributed by atoms with Gasteiger partial charge < -0.3 is 5.32 Å². The van der Waals surface area contributed by atoms with Gasteiger partial charge in [0.2, 0.25) is 5.91 Å². The molecule has 0 unspecified atom stereocenters. The van der Waals surface area contributed by atoms with Crippen LogP contribution >= 0.6 is 11.6 Å². The molecule has 5 heteroatoms. The second-order valence-electron chi connectivity index (χ2n) is 4.01. The smallest absolute Gasteiger partial charge is 0.244 e. The van der Waals surface area contributed by atoms with E-state index in [9.17, 15) is 9.18 Å². The van der Waals surface area contributed by atoms with Gasteiger partial charge in [-0.1, -0.05) is 23.7 Å². The molecule has 1 aromatic carbocycles. The topological polar surface area (TPSA) is 42.0 Å². The van der Waals surface area contributed by atoms with Gasteiger partial charge in [0.15, 0.2) is 0 Å². The van der Waals surface area contributed by atoms with Crippen molar-refractivity contribution in [3.63, 3.8) is 0 Å². The summed E-state index contributed by atoms with van der Waals surface area (Å²) in [5, 5.41) is 2.92. The third kappa shape index (κ3) is 3.90. The van der Waals surface area contributed by atoms with E-state index in [-0.39, 0.29) is 16.5 Å². The fraction of sp³-hybridized carbons (Fsp3) is 0.0667. The minimum atomic E-state index is -0.466. The van der Waals surface area contributed by atoms with Crippen molar-refractivity contribution in [2.45, 2.75) is 6.54 Å². The summed E-state index contributed by atoms with van der Waals surface area (Å²) in [5.41, 5.74) is 0.945. The predicted octanol–water partition coefficient (Wildman–Crippen LogP) is 3.20. The number of nitrogens with zero attached hydrogens (tertiary/aromatic N) is 1. The van der Waals surface area contributed by atoms with Crippen LogP contribution in [-0.2, 0) is 11.3 Å². The summed E-state index contributed by atoms with van der Waals surface area (Å²) < 4.78 is 13.5. The zero-order valence-corrected chi connectivity index (χ0v) is 11.3. The van der Waals surface area contributed by atoms with Crippen LogP contribution in [0.25, 0.3) is 6.08 Å². The van der Waals surface area contributed by atoms with E-state index in [1.54, 1.807) is 24.4 Å². The highest BCUT2D eigenvalue weighted by Crippen LogP contribution is 2.20. The third-order valence-electron chi connectivity index (χ3n) is 2.57. The molecule has 1 amide bonds. The molecule has 1 N–H and O–H groups in total. The summed E-state index contributed by atoms with van der Waals surface area (Å²) in [5.74, 6) is -0.804. The molecule has 20 heavy (non-hydrogen) atoms. The highest BCUT2D eigenvalue weighted by molar-refractivity contribution is 6.32. The average Bonchev–Trinajstić information content (AvgIpc) is 2.46. The van der Waals surface area contributed by atoms with E-state index in [0.717, 1.165) is 5.69 Å². The van der Waals surface area contributed by atoms with Crippen molar-refractivity contribution in [3.8, 4) is 0 Å². The van der Waals surface area contributed by atoms with Gasteiger partial charge in [0.1, 0.15) is 5.82 Å². The molecule has 0 saturated heterocycles. The Morgan fingerprint density at radius 1 is 1.30 bits per heavy atom. The summed E-state index contributed by atoms with van der Waals surface area (Å²) in [6.07, 6.45) is 4.25. The third-order valence-corrected chi connectivity index (χ3v) is 2.90. The molecular weight excluding hydrogens is 279 g/mol. The molecule has 1 heterocycles. The van der Waals surface area contributed by atoms with Crippen LogP contribution in [0, 0.1) is 5.82 Å². The van der Waals surface area contributed by atoms with E-state index in [1.807, 2.05) is 6.07 Å². The Morgan fingerprint density at radius 2 is 2.15 bits per heavy atom. The summed E-state index contributed by atoms with van der Waals surface area (Å²) in [7, 11) is 0. The van der Waals surface area contributed by atoms with Gasteiger partial charge in [-0.3, -0.25) is 9.78 Å². The Bertz CT molecular complexity index is 609. The number of pyridine rings is 1. The lowest BCUT2D eigenvalue weighted by Gasteiger charge is -2.02. The quantitative estimate of drug-likeness (QED) is 0.879. The van der Waals surface area contributed by atoms with Crippen LogP contribution in [0.2, 0.25) is 5.02 Å². The van der Waals surface area contributed by atoms with Crippen molar-refractivity contribution in [1.29, 1.82) is 0 Å². The Hall–Kier alpha value is -2.20. The van der Waals surface area contributed by atoms with Crippen molar-refractivity contribution in [2.24, 2.45) is 0 Å². The van der Waals surface area contributed by atoms with Gasteiger partial charge in [-0.2, -0.15) is 0 Å². The van der Waals surface area contributed by atoms with Crippen LogP contribution < -0.4 is 5.32 Å². The highest BCUT2D eigenvalue weighted by Gasteiger charge is 2.04. The molecule has 0 atom stereocenters. The molecule has 0 aliphatic heterocycles. The molecule has 102 valence electrons. The highest BCUT2D eigenvalue weighted by atomic mass is 35.5. The van der Waals surface area contributed by atoms with Crippen LogP contribution in [0.1, 0.15) is 11.3 Å². The number of carbonyl (C=O) groups is 1. The molecule has 0 bridgehead atoms. The second-order valence-corrected chi connectivity index (χ2v) is 4.41. The molecular formula is C15H12ClFN2O. The van der Waals surface area contributed by atoms with Gasteiger partial charge in [0.05, 0.1) is 17.3 Å². The van der Waals surface area contributed by atoms with Crippen LogP contribution in [-0.4, -0.2) is 10.9 Å². The van der Waals surface area contributed by atoms with Crippen molar-refractivity contribution in [1.82, 2.24) is 10.3 Å². The maximum Gasteiger partial charge on any atom is 0.244 e. The van der Waals surface area contributed by atoms with E-state index in [4.69, 9.17) is 11.6 Å². The lowest BCUT2D eigenvalue weighted by atomic mass is 10.2. The number of rotatable bonds is 4. The van der Waals surface area contributed by atoms with Crippen molar-refractivity contribution in [3.05, 3.63) is 70.8 Å². The minimum Gasteiger partial charge on any atom is -0.347 e. The van der Waals surface area contributed by atoms with Crippen LogP contribution in [0.3, 0.4) is 0 Å². The monoisotopic (exact) mass is 290 g/mol. The largest absolute Gasteiger partial charge is 0.347 e. The fourth-order valence-corrected chi connectivity index (χ4v) is 1.79. The molecule has 0 aliphatic carbocycles. The van der Waals surface area contributed by atoms with E-state index < -0.39 is 5.82 Å². The zero-order chi connectivity index (χ0) is 14.4. The summed E-state index contributed by atoms with van der Waals surface area (Å²) in [6, 6.07) is 9.80. The molecule has 0 radical (unpaired) electrons. The van der Waals surface area contributed by atoms with Crippen molar-refractivity contribution >= 4 is 23.6 Å². The standard InChI is InChI=1S/C15H12ClFN2O/c16-13-5-3-6-14(17)12(13)7-8-15(20)19-10-11-4-1-2-9-18-11/h1-9H,10H2,(H,19,20). The SMILES string of the molecule is O=C(C=Cc1c(F)cccc1Cl)NCc1ccccn1. The Labute approximate surface area is 121 Å².